The molecule has 1 aromatic heterocycles. The van der Waals surface area contributed by atoms with Gasteiger partial charge in [0.1, 0.15) is 11.6 Å². The van der Waals surface area contributed by atoms with Gasteiger partial charge in [-0.2, -0.15) is 0 Å². The van der Waals surface area contributed by atoms with Crippen LogP contribution >= 0.6 is 0 Å². The maximum absolute atomic E-state index is 12.9. The number of likely N-dealkylation sites (tertiary alicyclic amines) is 1. The van der Waals surface area contributed by atoms with Gasteiger partial charge < -0.3 is 20.1 Å². The second kappa shape index (κ2) is 9.23. The molecule has 3 amide bonds. The first-order valence-electron chi connectivity index (χ1n) is 10.6. The largest absolute Gasteiger partial charge is 0.334 e. The molecular weight excluding hydrogens is 387 g/mol. The van der Waals surface area contributed by atoms with Gasteiger partial charge in [-0.1, -0.05) is 18.6 Å². The molecule has 0 radical (unpaired) electrons. The highest BCUT2D eigenvalue weighted by molar-refractivity contribution is 5.84. The van der Waals surface area contributed by atoms with Gasteiger partial charge >= 0.3 is 6.03 Å². The Morgan fingerprint density at radius 2 is 1.87 bits per heavy atom. The molecule has 1 aromatic carbocycles. The molecule has 0 bridgehead atoms. The number of hydrogen-bond donors (Lipinski definition) is 2. The molecule has 2 N–H and O–H groups in total. The van der Waals surface area contributed by atoms with E-state index in [4.69, 9.17) is 0 Å². The second-order valence-electron chi connectivity index (χ2n) is 7.84. The Bertz CT molecular complexity index is 897. The van der Waals surface area contributed by atoms with Crippen LogP contribution in [0.4, 0.5) is 9.18 Å². The van der Waals surface area contributed by atoms with E-state index < -0.39 is 6.03 Å². The summed E-state index contributed by atoms with van der Waals surface area (Å²) in [6, 6.07) is 5.39. The third-order valence-corrected chi connectivity index (χ3v) is 5.78. The third-order valence-electron chi connectivity index (χ3n) is 5.78. The maximum atomic E-state index is 12.9. The zero-order valence-corrected chi connectivity index (χ0v) is 16.9. The summed E-state index contributed by atoms with van der Waals surface area (Å²) < 4.78 is 15.1. The summed E-state index contributed by atoms with van der Waals surface area (Å²) in [7, 11) is 0. The van der Waals surface area contributed by atoms with Gasteiger partial charge in [-0.3, -0.25) is 4.79 Å². The topological polar surface area (TPSA) is 92.2 Å². The Morgan fingerprint density at radius 3 is 2.70 bits per heavy atom. The van der Waals surface area contributed by atoms with Crippen molar-refractivity contribution in [2.75, 3.05) is 13.1 Å². The molecule has 2 aliphatic rings. The molecule has 3 heterocycles. The molecule has 2 aromatic rings. The number of urea groups is 1. The Balaban J connectivity index is 1.31. The van der Waals surface area contributed by atoms with E-state index in [1.54, 1.807) is 12.1 Å². The molecule has 2 aliphatic heterocycles. The SMILES string of the molecule is O=C(NCC(=O)N1CCC[C@@H]1c1nnc2n1CCCCC2)NCc1ccc(F)cc1. The summed E-state index contributed by atoms with van der Waals surface area (Å²) in [6.07, 6.45) is 6.13. The van der Waals surface area contributed by atoms with Crippen molar-refractivity contribution in [3.05, 3.63) is 47.3 Å². The van der Waals surface area contributed by atoms with Crippen molar-refractivity contribution in [3.63, 3.8) is 0 Å². The lowest BCUT2D eigenvalue weighted by Gasteiger charge is -2.25. The van der Waals surface area contributed by atoms with Crippen LogP contribution in [-0.2, 0) is 24.3 Å². The molecule has 4 rings (SSSR count). The number of fused-ring (bicyclic) bond motifs is 1. The number of nitrogens with one attached hydrogen (secondary N) is 2. The van der Waals surface area contributed by atoms with Gasteiger partial charge in [0.15, 0.2) is 5.82 Å². The summed E-state index contributed by atoms with van der Waals surface area (Å²) in [5, 5.41) is 14.1. The van der Waals surface area contributed by atoms with Gasteiger partial charge in [-0.15, -0.1) is 10.2 Å². The number of halogens is 1. The average Bonchev–Trinajstić information content (AvgIpc) is 3.32. The minimum Gasteiger partial charge on any atom is -0.334 e. The number of hydrogen-bond acceptors (Lipinski definition) is 4. The normalized spacial score (nSPS) is 18.6. The molecular formula is C21H27FN6O2. The maximum Gasteiger partial charge on any atom is 0.315 e. The molecule has 0 aliphatic carbocycles. The van der Waals surface area contributed by atoms with Crippen LogP contribution in [0.15, 0.2) is 24.3 Å². The molecule has 8 nitrogen and oxygen atoms in total. The van der Waals surface area contributed by atoms with Crippen molar-refractivity contribution in [2.45, 2.75) is 57.7 Å². The van der Waals surface area contributed by atoms with Crippen LogP contribution in [-0.4, -0.2) is 44.7 Å². The van der Waals surface area contributed by atoms with Crippen LogP contribution in [0.5, 0.6) is 0 Å². The molecule has 0 saturated carbocycles. The monoisotopic (exact) mass is 414 g/mol. The number of amides is 3. The molecule has 0 unspecified atom stereocenters. The van der Waals surface area contributed by atoms with Gasteiger partial charge in [0.2, 0.25) is 5.91 Å². The number of aromatic nitrogens is 3. The molecule has 160 valence electrons. The van der Waals surface area contributed by atoms with E-state index in [-0.39, 0.29) is 30.9 Å². The molecule has 1 atom stereocenters. The summed E-state index contributed by atoms with van der Waals surface area (Å²) in [5.74, 6) is 1.44. The van der Waals surface area contributed by atoms with Crippen molar-refractivity contribution in [1.29, 1.82) is 0 Å². The fourth-order valence-electron chi connectivity index (χ4n) is 4.19. The quantitative estimate of drug-likeness (QED) is 0.785. The number of carbonyl (C=O) groups excluding carboxylic acids is 2. The van der Waals surface area contributed by atoms with E-state index in [9.17, 15) is 14.0 Å². The third kappa shape index (κ3) is 4.60. The zero-order valence-electron chi connectivity index (χ0n) is 16.9. The van der Waals surface area contributed by atoms with Crippen LogP contribution in [0.2, 0.25) is 0 Å². The van der Waals surface area contributed by atoms with Crippen LogP contribution in [0, 0.1) is 5.82 Å². The fraction of sp³-hybridized carbons (Fsp3) is 0.524. The lowest BCUT2D eigenvalue weighted by atomic mass is 10.2. The van der Waals surface area contributed by atoms with Crippen LogP contribution < -0.4 is 10.6 Å². The molecule has 0 spiro atoms. The lowest BCUT2D eigenvalue weighted by Crippen LogP contribution is -2.43. The number of nitrogens with zero attached hydrogens (tertiary/aromatic N) is 4. The molecule has 1 fully saturated rings. The van der Waals surface area contributed by atoms with Crippen molar-refractivity contribution >= 4 is 11.9 Å². The Hall–Kier alpha value is -2.97. The van der Waals surface area contributed by atoms with Gasteiger partial charge in [-0.25, -0.2) is 9.18 Å². The van der Waals surface area contributed by atoms with Crippen molar-refractivity contribution in [2.24, 2.45) is 0 Å². The number of carbonyl (C=O) groups is 2. The molecule has 30 heavy (non-hydrogen) atoms. The van der Waals surface area contributed by atoms with Crippen molar-refractivity contribution in [1.82, 2.24) is 30.3 Å². The van der Waals surface area contributed by atoms with E-state index in [0.717, 1.165) is 55.9 Å². The predicted octanol–water partition coefficient (Wildman–Crippen LogP) is 2.31. The van der Waals surface area contributed by atoms with Gasteiger partial charge in [0, 0.05) is 26.1 Å². The van der Waals surface area contributed by atoms with Crippen molar-refractivity contribution in [3.8, 4) is 0 Å². The minimum atomic E-state index is -0.431. The van der Waals surface area contributed by atoms with Crippen molar-refractivity contribution < 1.29 is 14.0 Å². The lowest BCUT2D eigenvalue weighted by molar-refractivity contribution is -0.131. The highest BCUT2D eigenvalue weighted by Gasteiger charge is 2.34. The number of benzene rings is 1. The summed E-state index contributed by atoms with van der Waals surface area (Å²) in [4.78, 5) is 26.6. The average molecular weight is 414 g/mol. The number of aryl methyl sites for hydroxylation is 1. The standard InChI is InChI=1S/C21H27FN6O2/c22-16-9-7-15(8-10-16)13-23-21(30)24-14-19(29)27-12-4-5-17(27)20-26-25-18-6-2-1-3-11-28(18)20/h7-10,17H,1-6,11-14H2,(H2,23,24,30)/t17-/m1/s1. The Kier molecular flexibility index (Phi) is 6.25. The Morgan fingerprint density at radius 1 is 1.03 bits per heavy atom. The summed E-state index contributed by atoms with van der Waals surface area (Å²) >= 11 is 0. The minimum absolute atomic E-state index is 0.0766. The molecule has 9 heteroatoms. The van der Waals surface area contributed by atoms with Gasteiger partial charge in [-0.05, 0) is 43.4 Å². The fourth-order valence-corrected chi connectivity index (χ4v) is 4.19. The van der Waals surface area contributed by atoms with Gasteiger partial charge in [0.25, 0.3) is 0 Å². The van der Waals surface area contributed by atoms with Crippen LogP contribution in [0.1, 0.15) is 55.4 Å². The van der Waals surface area contributed by atoms with E-state index in [1.807, 2.05) is 4.90 Å². The van der Waals surface area contributed by atoms with E-state index in [0.29, 0.717) is 6.54 Å². The highest BCUT2D eigenvalue weighted by Crippen LogP contribution is 2.32. The van der Waals surface area contributed by atoms with Crippen LogP contribution in [0.3, 0.4) is 0 Å². The molecule has 1 saturated heterocycles. The number of rotatable bonds is 5. The van der Waals surface area contributed by atoms with Gasteiger partial charge in [0.05, 0.1) is 12.6 Å². The Labute approximate surface area is 174 Å². The van der Waals surface area contributed by atoms with Crippen LogP contribution in [0.25, 0.3) is 0 Å². The first-order chi connectivity index (χ1) is 14.6. The highest BCUT2D eigenvalue weighted by atomic mass is 19.1. The predicted molar refractivity (Wildman–Crippen MR) is 108 cm³/mol. The smallest absolute Gasteiger partial charge is 0.315 e. The first-order valence-corrected chi connectivity index (χ1v) is 10.6. The van der Waals surface area contributed by atoms with E-state index >= 15 is 0 Å². The van der Waals surface area contributed by atoms with E-state index in [2.05, 4.69) is 25.4 Å². The zero-order chi connectivity index (χ0) is 20.9. The van der Waals surface area contributed by atoms with E-state index in [1.165, 1.54) is 18.6 Å². The first kappa shape index (κ1) is 20.3. The summed E-state index contributed by atoms with van der Waals surface area (Å²) in [6.45, 7) is 1.75. The summed E-state index contributed by atoms with van der Waals surface area (Å²) in [5.41, 5.74) is 0.782. The second-order valence-corrected chi connectivity index (χ2v) is 7.84.